The van der Waals surface area contributed by atoms with E-state index in [2.05, 4.69) is 15.9 Å². The van der Waals surface area contributed by atoms with Crippen molar-refractivity contribution in [2.75, 3.05) is 0 Å². The molecule has 0 amide bonds. The molecule has 96 valence electrons. The molecular weight excluding hydrogens is 329 g/mol. The van der Waals surface area contributed by atoms with Crippen LogP contribution < -0.4 is 0 Å². The quantitative estimate of drug-likeness (QED) is 0.832. The molecule has 0 radical (unpaired) electrons. The highest BCUT2D eigenvalue weighted by atomic mass is 79.9. The molecule has 0 spiro atoms. The van der Waals surface area contributed by atoms with Gasteiger partial charge in [0, 0.05) is 21.2 Å². The molecule has 1 unspecified atom stereocenters. The summed E-state index contributed by atoms with van der Waals surface area (Å²) in [7, 11) is 0. The summed E-state index contributed by atoms with van der Waals surface area (Å²) in [5, 5.41) is 11.7. The van der Waals surface area contributed by atoms with E-state index in [0.29, 0.717) is 0 Å². The fourth-order valence-electron chi connectivity index (χ4n) is 1.54. The van der Waals surface area contributed by atoms with Crippen molar-refractivity contribution in [1.82, 2.24) is 0 Å². The van der Waals surface area contributed by atoms with Crippen LogP contribution in [0.15, 0.2) is 28.1 Å². The van der Waals surface area contributed by atoms with E-state index in [1.165, 1.54) is 11.3 Å². The lowest BCUT2D eigenvalue weighted by Gasteiger charge is -2.10. The molecule has 1 N–H and O–H groups in total. The van der Waals surface area contributed by atoms with Crippen LogP contribution >= 0.6 is 27.3 Å². The van der Waals surface area contributed by atoms with E-state index in [0.717, 1.165) is 21.5 Å². The molecule has 0 aliphatic heterocycles. The van der Waals surface area contributed by atoms with Gasteiger partial charge in [0.15, 0.2) is 17.5 Å². The Bertz CT molecular complexity index is 547. The molecule has 1 nitrogen and oxygen atoms in total. The average Bonchev–Trinajstić information content (AvgIpc) is 2.71. The molecule has 1 aromatic carbocycles. The first-order valence-electron chi connectivity index (χ1n) is 5.03. The maximum absolute atomic E-state index is 13.0. The fourth-order valence-corrected chi connectivity index (χ4v) is 3.03. The molecule has 6 heteroatoms. The smallest absolute Gasteiger partial charge is 0.194 e. The van der Waals surface area contributed by atoms with Crippen molar-refractivity contribution in [2.45, 2.75) is 12.5 Å². The van der Waals surface area contributed by atoms with E-state index in [1.54, 1.807) is 0 Å². The second kappa shape index (κ2) is 5.42. The van der Waals surface area contributed by atoms with Gasteiger partial charge in [0.25, 0.3) is 0 Å². The maximum atomic E-state index is 13.0. The van der Waals surface area contributed by atoms with E-state index >= 15 is 0 Å². The van der Waals surface area contributed by atoms with Gasteiger partial charge in [-0.05, 0) is 39.7 Å². The molecule has 18 heavy (non-hydrogen) atoms. The zero-order valence-corrected chi connectivity index (χ0v) is 11.4. The summed E-state index contributed by atoms with van der Waals surface area (Å²) in [6.07, 6.45) is -0.846. The summed E-state index contributed by atoms with van der Waals surface area (Å²) in [6, 6.07) is 3.43. The standard InChI is InChI=1S/C12H8BrF3OS/c13-7-3-8(18-5-7)4-11(17)6-1-9(14)12(16)10(15)2-6/h1-3,5,11,17H,4H2. The lowest BCUT2D eigenvalue weighted by Crippen LogP contribution is -2.03. The number of hydrogen-bond donors (Lipinski definition) is 1. The van der Waals surface area contributed by atoms with Crippen LogP contribution in [0.3, 0.4) is 0 Å². The van der Waals surface area contributed by atoms with Gasteiger partial charge in [0.2, 0.25) is 0 Å². The van der Waals surface area contributed by atoms with E-state index in [-0.39, 0.29) is 12.0 Å². The zero-order chi connectivity index (χ0) is 13.3. The molecule has 1 heterocycles. The fraction of sp³-hybridized carbons (Fsp3) is 0.167. The molecule has 0 bridgehead atoms. The molecule has 0 saturated carbocycles. The van der Waals surface area contributed by atoms with Gasteiger partial charge in [-0.15, -0.1) is 11.3 Å². The summed E-state index contributed by atoms with van der Waals surface area (Å²) < 4.78 is 39.7. The first-order valence-corrected chi connectivity index (χ1v) is 6.70. The number of benzene rings is 1. The second-order valence-corrected chi connectivity index (χ2v) is 5.66. The van der Waals surface area contributed by atoms with Crippen LogP contribution in [0.2, 0.25) is 0 Å². The lowest BCUT2D eigenvalue weighted by molar-refractivity contribution is 0.178. The van der Waals surface area contributed by atoms with Gasteiger partial charge in [-0.2, -0.15) is 0 Å². The number of halogens is 4. The third-order valence-electron chi connectivity index (χ3n) is 2.41. The molecule has 0 aliphatic rings. The van der Waals surface area contributed by atoms with Gasteiger partial charge in [0.1, 0.15) is 0 Å². The largest absolute Gasteiger partial charge is 0.388 e. The second-order valence-electron chi connectivity index (χ2n) is 3.75. The normalized spacial score (nSPS) is 12.7. The van der Waals surface area contributed by atoms with Gasteiger partial charge < -0.3 is 5.11 Å². The Balaban J connectivity index is 2.21. The SMILES string of the molecule is OC(Cc1cc(Br)cs1)c1cc(F)c(F)c(F)c1. The third-order valence-corrected chi connectivity index (χ3v) is 4.13. The number of aliphatic hydroxyl groups is 1. The van der Waals surface area contributed by atoms with Crippen molar-refractivity contribution < 1.29 is 18.3 Å². The zero-order valence-electron chi connectivity index (χ0n) is 8.96. The number of aliphatic hydroxyl groups excluding tert-OH is 1. The molecule has 0 aliphatic carbocycles. The van der Waals surface area contributed by atoms with Crippen molar-refractivity contribution in [2.24, 2.45) is 0 Å². The highest BCUT2D eigenvalue weighted by molar-refractivity contribution is 9.10. The molecule has 1 aromatic heterocycles. The lowest BCUT2D eigenvalue weighted by atomic mass is 10.1. The Morgan fingerprint density at radius 3 is 2.28 bits per heavy atom. The summed E-state index contributed by atoms with van der Waals surface area (Å²) in [4.78, 5) is 0.861. The first kappa shape index (κ1) is 13.6. The van der Waals surface area contributed by atoms with E-state index in [4.69, 9.17) is 0 Å². The molecule has 2 rings (SSSR count). The van der Waals surface area contributed by atoms with Crippen LogP contribution in [0.1, 0.15) is 16.5 Å². The van der Waals surface area contributed by atoms with E-state index in [1.807, 2.05) is 11.4 Å². The van der Waals surface area contributed by atoms with Crippen molar-refractivity contribution in [1.29, 1.82) is 0 Å². The Hall–Kier alpha value is -0.850. The first-order chi connectivity index (χ1) is 8.47. The monoisotopic (exact) mass is 336 g/mol. The van der Waals surface area contributed by atoms with E-state index < -0.39 is 23.6 Å². The minimum atomic E-state index is -1.52. The van der Waals surface area contributed by atoms with Crippen molar-refractivity contribution in [3.05, 3.63) is 55.9 Å². The highest BCUT2D eigenvalue weighted by Gasteiger charge is 2.16. The van der Waals surface area contributed by atoms with Crippen LogP contribution in [0.25, 0.3) is 0 Å². The minimum absolute atomic E-state index is 0.0240. The molecule has 0 fully saturated rings. The Kier molecular flexibility index (Phi) is 4.09. The number of hydrogen-bond acceptors (Lipinski definition) is 2. The molecule has 2 aromatic rings. The Morgan fingerprint density at radius 2 is 1.78 bits per heavy atom. The van der Waals surface area contributed by atoms with Gasteiger partial charge in [-0.3, -0.25) is 0 Å². The van der Waals surface area contributed by atoms with Crippen molar-refractivity contribution in [3.8, 4) is 0 Å². The van der Waals surface area contributed by atoms with E-state index in [9.17, 15) is 18.3 Å². The minimum Gasteiger partial charge on any atom is -0.388 e. The van der Waals surface area contributed by atoms with Crippen LogP contribution in [-0.4, -0.2) is 5.11 Å². The predicted octanol–water partition coefficient (Wildman–Crippen LogP) is 4.20. The third kappa shape index (κ3) is 2.93. The van der Waals surface area contributed by atoms with Crippen LogP contribution in [0.4, 0.5) is 13.2 Å². The van der Waals surface area contributed by atoms with Crippen molar-refractivity contribution >= 4 is 27.3 Å². The summed E-state index contributed by atoms with van der Waals surface area (Å²) in [5.74, 6) is -4.11. The van der Waals surface area contributed by atoms with Gasteiger partial charge in [0.05, 0.1) is 6.10 Å². The van der Waals surface area contributed by atoms with Crippen LogP contribution in [0.5, 0.6) is 0 Å². The summed E-state index contributed by atoms with van der Waals surface area (Å²) in [6.45, 7) is 0. The Labute approximate surface area is 114 Å². The maximum Gasteiger partial charge on any atom is 0.194 e. The Morgan fingerprint density at radius 1 is 1.17 bits per heavy atom. The number of thiophene rings is 1. The summed E-state index contributed by atoms with van der Waals surface area (Å²) >= 11 is 4.69. The van der Waals surface area contributed by atoms with Crippen LogP contribution in [-0.2, 0) is 6.42 Å². The predicted molar refractivity (Wildman–Crippen MR) is 67.0 cm³/mol. The summed E-state index contributed by atoms with van der Waals surface area (Å²) in [5.41, 5.74) is 0.0240. The highest BCUT2D eigenvalue weighted by Crippen LogP contribution is 2.27. The van der Waals surface area contributed by atoms with Gasteiger partial charge in [-0.1, -0.05) is 0 Å². The van der Waals surface area contributed by atoms with Crippen molar-refractivity contribution in [3.63, 3.8) is 0 Å². The molecular formula is C12H8BrF3OS. The molecule has 0 saturated heterocycles. The molecule has 1 atom stereocenters. The van der Waals surface area contributed by atoms with Gasteiger partial charge >= 0.3 is 0 Å². The number of rotatable bonds is 3. The average molecular weight is 337 g/mol. The topological polar surface area (TPSA) is 20.2 Å². The van der Waals surface area contributed by atoms with Gasteiger partial charge in [-0.25, -0.2) is 13.2 Å². The van der Waals surface area contributed by atoms with Crippen LogP contribution in [0, 0.1) is 17.5 Å².